The molecule has 1 unspecified atom stereocenters. The molecule has 2 fully saturated rings. The average Bonchev–Trinajstić information content (AvgIpc) is 2.97. The molecular weight excluding hydrogens is 580 g/mol. The summed E-state index contributed by atoms with van der Waals surface area (Å²) in [6, 6.07) is 11.7. The summed E-state index contributed by atoms with van der Waals surface area (Å²) >= 11 is 0. The Morgan fingerprint density at radius 1 is 1.04 bits per heavy atom. The monoisotopic (exact) mass is 642 g/mol. The first-order chi connectivity index (χ1) is 22.5. The number of hydrogen-bond acceptors (Lipinski definition) is 6. The molecule has 1 aromatic carbocycles. The smallest absolute Gasteiger partial charge is 0.129 e. The van der Waals surface area contributed by atoms with Crippen molar-refractivity contribution in [1.29, 1.82) is 0 Å². The summed E-state index contributed by atoms with van der Waals surface area (Å²) < 4.78 is 13.4. The predicted octanol–water partition coefficient (Wildman–Crippen LogP) is 9.40. The van der Waals surface area contributed by atoms with E-state index in [1.54, 1.807) is 0 Å². The van der Waals surface area contributed by atoms with E-state index in [0.717, 1.165) is 82.7 Å². The van der Waals surface area contributed by atoms with Gasteiger partial charge in [0.15, 0.2) is 0 Å². The molecule has 0 amide bonds. The molecule has 1 N–H and O–H groups in total. The van der Waals surface area contributed by atoms with Crippen molar-refractivity contribution in [2.24, 2.45) is 10.9 Å². The number of likely N-dealkylation sites (tertiary alicyclic amines) is 1. The fourth-order valence-corrected chi connectivity index (χ4v) is 7.32. The Labute approximate surface area is 285 Å². The third kappa shape index (κ3) is 9.26. The molecule has 0 spiro atoms. The molecular formula is C41H62N4O2. The first-order valence-corrected chi connectivity index (χ1v) is 18.7. The molecule has 0 radical (unpaired) electrons. The predicted molar refractivity (Wildman–Crippen MR) is 197 cm³/mol. The Balaban J connectivity index is 1.25. The number of pyridine rings is 1. The standard InChI is InChI=1S/C41H62N4O2/c1-9-36(28(2)3)43-30(5)37-29(4)16-13-21-35(37)38(39(31-17-14-18-31)47-41(6,7)8)45-26-34(27-45)46-25-12-10-11-20-33-23-22-32-19-15-24-42-40(32)44-33/h13,16,21-23,28,34,36,38H,9-12,14-15,17-20,24-27H2,1-8H3,(H,42,44)/t36-,38?/m1/s1. The van der Waals surface area contributed by atoms with Crippen LogP contribution < -0.4 is 5.32 Å². The van der Waals surface area contributed by atoms with Gasteiger partial charge in [0.2, 0.25) is 0 Å². The van der Waals surface area contributed by atoms with Gasteiger partial charge in [-0.05, 0) is 127 Å². The molecule has 3 heterocycles. The van der Waals surface area contributed by atoms with Crippen LogP contribution in [0.4, 0.5) is 5.82 Å². The van der Waals surface area contributed by atoms with Crippen LogP contribution in [0, 0.1) is 12.8 Å². The van der Waals surface area contributed by atoms with Crippen molar-refractivity contribution in [2.45, 2.75) is 143 Å². The molecule has 2 aliphatic heterocycles. The zero-order valence-corrected chi connectivity index (χ0v) is 30.8. The molecule has 0 bridgehead atoms. The number of nitrogens with one attached hydrogen (secondary N) is 1. The molecule has 6 heteroatoms. The van der Waals surface area contributed by atoms with E-state index in [2.05, 4.69) is 95.9 Å². The van der Waals surface area contributed by atoms with Crippen molar-refractivity contribution >= 4 is 11.5 Å². The fourth-order valence-electron chi connectivity index (χ4n) is 7.32. The maximum atomic E-state index is 6.91. The Morgan fingerprint density at radius 2 is 1.83 bits per heavy atom. The lowest BCUT2D eigenvalue weighted by Gasteiger charge is -2.47. The molecule has 3 aliphatic rings. The molecule has 47 heavy (non-hydrogen) atoms. The van der Waals surface area contributed by atoms with E-state index in [1.165, 1.54) is 58.5 Å². The molecule has 1 saturated carbocycles. The number of unbranched alkanes of at least 4 members (excludes halogenated alkanes) is 2. The molecule has 1 saturated heterocycles. The minimum Gasteiger partial charge on any atom is -0.491 e. The summed E-state index contributed by atoms with van der Waals surface area (Å²) in [5.41, 5.74) is 8.84. The van der Waals surface area contributed by atoms with Crippen molar-refractivity contribution in [1.82, 2.24) is 9.88 Å². The minimum atomic E-state index is -0.264. The van der Waals surface area contributed by atoms with Crippen LogP contribution in [-0.4, -0.2) is 59.6 Å². The second-order valence-corrected chi connectivity index (χ2v) is 15.5. The molecule has 258 valence electrons. The number of aromatic nitrogens is 1. The van der Waals surface area contributed by atoms with Gasteiger partial charge in [-0.2, -0.15) is 0 Å². The first-order valence-electron chi connectivity index (χ1n) is 18.7. The fraction of sp³-hybridized carbons (Fsp3) is 0.659. The topological polar surface area (TPSA) is 59.0 Å². The summed E-state index contributed by atoms with van der Waals surface area (Å²) in [5, 5.41) is 3.46. The number of aryl methyl sites for hydroxylation is 3. The number of fused-ring (bicyclic) bond motifs is 1. The van der Waals surface area contributed by atoms with Crippen LogP contribution in [0.15, 0.2) is 46.7 Å². The molecule has 2 aromatic rings. The van der Waals surface area contributed by atoms with E-state index in [0.29, 0.717) is 12.0 Å². The highest BCUT2D eigenvalue weighted by Gasteiger charge is 2.40. The van der Waals surface area contributed by atoms with Gasteiger partial charge in [0.05, 0.1) is 18.2 Å². The summed E-state index contributed by atoms with van der Waals surface area (Å²) in [4.78, 5) is 12.8. The number of rotatable bonds is 15. The highest BCUT2D eigenvalue weighted by Crippen LogP contribution is 2.44. The van der Waals surface area contributed by atoms with Crippen LogP contribution in [0.3, 0.4) is 0 Å². The van der Waals surface area contributed by atoms with E-state index < -0.39 is 0 Å². The van der Waals surface area contributed by atoms with Crippen molar-refractivity contribution in [2.75, 3.05) is 31.6 Å². The summed E-state index contributed by atoms with van der Waals surface area (Å²) in [5.74, 6) is 2.79. The van der Waals surface area contributed by atoms with Crippen LogP contribution in [0.25, 0.3) is 0 Å². The van der Waals surface area contributed by atoms with Crippen LogP contribution in [0.2, 0.25) is 0 Å². The SMILES string of the molecule is CC[C@@H](N=C(C)c1c(C)cccc1C(C(OC(C)(C)C)=C1CCC1)N1CC(OCCCCCc2ccc3c(n2)NCCC3)C1)C(C)C. The summed E-state index contributed by atoms with van der Waals surface area (Å²) in [6.07, 6.45) is 11.6. The highest BCUT2D eigenvalue weighted by atomic mass is 16.5. The van der Waals surface area contributed by atoms with Gasteiger partial charge < -0.3 is 14.8 Å². The van der Waals surface area contributed by atoms with Crippen molar-refractivity contribution in [3.8, 4) is 0 Å². The van der Waals surface area contributed by atoms with Gasteiger partial charge in [-0.25, -0.2) is 4.98 Å². The van der Waals surface area contributed by atoms with Gasteiger partial charge in [-0.3, -0.25) is 9.89 Å². The number of ether oxygens (including phenoxy) is 2. The van der Waals surface area contributed by atoms with Gasteiger partial charge in [0.1, 0.15) is 17.2 Å². The Kier molecular flexibility index (Phi) is 12.2. The van der Waals surface area contributed by atoms with E-state index in [-0.39, 0.29) is 17.7 Å². The highest BCUT2D eigenvalue weighted by molar-refractivity contribution is 6.01. The van der Waals surface area contributed by atoms with Gasteiger partial charge in [-0.15, -0.1) is 0 Å². The molecule has 6 nitrogen and oxygen atoms in total. The number of nitrogens with zero attached hydrogens (tertiary/aromatic N) is 3. The van der Waals surface area contributed by atoms with Crippen LogP contribution in [-0.2, 0) is 22.3 Å². The molecule has 5 rings (SSSR count). The minimum absolute atomic E-state index is 0.0714. The van der Waals surface area contributed by atoms with Gasteiger partial charge in [0, 0.05) is 43.2 Å². The van der Waals surface area contributed by atoms with Gasteiger partial charge >= 0.3 is 0 Å². The lowest BCUT2D eigenvalue weighted by molar-refractivity contribution is -0.0833. The maximum absolute atomic E-state index is 6.91. The van der Waals surface area contributed by atoms with E-state index in [9.17, 15) is 0 Å². The van der Waals surface area contributed by atoms with E-state index >= 15 is 0 Å². The van der Waals surface area contributed by atoms with Crippen LogP contribution in [0.1, 0.15) is 134 Å². The van der Waals surface area contributed by atoms with Crippen molar-refractivity contribution in [3.63, 3.8) is 0 Å². The van der Waals surface area contributed by atoms with Crippen LogP contribution in [0.5, 0.6) is 0 Å². The zero-order valence-electron chi connectivity index (χ0n) is 30.8. The molecule has 1 aromatic heterocycles. The van der Waals surface area contributed by atoms with Crippen molar-refractivity contribution in [3.05, 3.63) is 69.6 Å². The summed E-state index contributed by atoms with van der Waals surface area (Å²) in [7, 11) is 0. The quantitative estimate of drug-likeness (QED) is 0.119. The number of aliphatic imine (C=N–C) groups is 1. The van der Waals surface area contributed by atoms with Gasteiger partial charge in [0.25, 0.3) is 0 Å². The lowest BCUT2D eigenvalue weighted by atomic mass is 9.83. The summed E-state index contributed by atoms with van der Waals surface area (Å²) in [6.45, 7) is 21.5. The van der Waals surface area contributed by atoms with E-state index in [4.69, 9.17) is 19.5 Å². The number of anilines is 1. The normalized spacial score (nSPS) is 18.7. The van der Waals surface area contributed by atoms with Crippen molar-refractivity contribution < 1.29 is 9.47 Å². The molecule has 2 atom stereocenters. The second-order valence-electron chi connectivity index (χ2n) is 15.5. The Hall–Kier alpha value is -2.70. The number of benzene rings is 1. The maximum Gasteiger partial charge on any atom is 0.129 e. The third-order valence-corrected chi connectivity index (χ3v) is 10.1. The second kappa shape index (κ2) is 16.1. The van der Waals surface area contributed by atoms with Gasteiger partial charge in [-0.1, -0.05) is 51.5 Å². The molecule has 1 aliphatic carbocycles. The van der Waals surface area contributed by atoms with Crippen LogP contribution >= 0.6 is 0 Å². The average molecular weight is 643 g/mol. The number of hydrogen-bond donors (Lipinski definition) is 1. The zero-order chi connectivity index (χ0) is 33.6. The largest absolute Gasteiger partial charge is 0.491 e. The van der Waals surface area contributed by atoms with E-state index in [1.807, 2.05) is 0 Å². The Morgan fingerprint density at radius 3 is 2.51 bits per heavy atom. The first kappa shape index (κ1) is 35.6. The lowest BCUT2D eigenvalue weighted by Crippen LogP contribution is -2.54. The number of allylic oxidation sites excluding steroid dienone is 1. The Bertz CT molecular complexity index is 1390. The third-order valence-electron chi connectivity index (χ3n) is 10.1.